The molecule has 10 nitrogen and oxygen atoms in total. The van der Waals surface area contributed by atoms with Crippen LogP contribution in [0.5, 0.6) is 11.5 Å². The number of aromatic nitrogens is 3. The number of benzene rings is 2. The van der Waals surface area contributed by atoms with Gasteiger partial charge in [-0.2, -0.15) is 13.9 Å². The predicted octanol–water partition coefficient (Wildman–Crippen LogP) is 4.60. The number of primary amides is 1. The number of amides is 2. The summed E-state index contributed by atoms with van der Waals surface area (Å²) in [7, 11) is 1.31. The topological polar surface area (TPSA) is 142 Å². The number of alkyl halides is 2. The van der Waals surface area contributed by atoms with Gasteiger partial charge in [0.1, 0.15) is 40.3 Å². The van der Waals surface area contributed by atoms with Crippen LogP contribution in [-0.4, -0.2) is 51.9 Å². The van der Waals surface area contributed by atoms with Crippen LogP contribution in [0.4, 0.5) is 17.6 Å². The summed E-state index contributed by atoms with van der Waals surface area (Å²) >= 11 is 5.76. The van der Waals surface area contributed by atoms with Crippen LogP contribution in [0.25, 0.3) is 22.2 Å². The van der Waals surface area contributed by atoms with E-state index in [4.69, 9.17) is 26.8 Å². The highest BCUT2D eigenvalue weighted by Crippen LogP contribution is 2.50. The van der Waals surface area contributed by atoms with Gasteiger partial charge in [0.2, 0.25) is 5.91 Å². The second-order valence-electron chi connectivity index (χ2n) is 11.3. The Morgan fingerprint density at radius 1 is 1.27 bits per heavy atom. The zero-order valence-electron chi connectivity index (χ0n) is 23.8. The first-order valence-electron chi connectivity index (χ1n) is 13.8. The normalized spacial score (nSPS) is 18.9. The standard InChI is InChI=1S/C30H26ClF4N5O5/c1-29(27(36)42)12-45-25-17(29)9-20(38-24(25)16-5-6-18(31)22(33)21(16)32)30(43,15-3-4-15)11-37-26(41)13-7-14-10-40(28(34)35)39-23(14)19(8-13)44-2/h5-10,15,28,43H,3-4,11-12H2,1-2H3,(H2,36,42)(H,37,41)/t29-,30?/m0/s1. The molecule has 1 aliphatic carbocycles. The molecule has 2 aliphatic rings. The van der Waals surface area contributed by atoms with E-state index in [1.54, 1.807) is 0 Å². The third kappa shape index (κ3) is 5.01. The Kier molecular flexibility index (Phi) is 7.39. The summed E-state index contributed by atoms with van der Waals surface area (Å²) in [6.07, 6.45) is 2.19. The number of carbonyl (C=O) groups is 2. The first kappa shape index (κ1) is 30.6. The van der Waals surface area contributed by atoms with E-state index in [9.17, 15) is 27.9 Å². The van der Waals surface area contributed by atoms with Gasteiger partial charge in [-0.1, -0.05) is 11.6 Å². The minimum Gasteiger partial charge on any atom is -0.494 e. The monoisotopic (exact) mass is 647 g/mol. The number of nitrogens with two attached hydrogens (primary N) is 1. The van der Waals surface area contributed by atoms with Crippen molar-refractivity contribution >= 4 is 34.3 Å². The van der Waals surface area contributed by atoms with Crippen molar-refractivity contribution in [3.63, 3.8) is 0 Å². The van der Waals surface area contributed by atoms with Crippen LogP contribution >= 0.6 is 11.6 Å². The van der Waals surface area contributed by atoms with Crippen LogP contribution in [0.1, 0.15) is 47.9 Å². The lowest BCUT2D eigenvalue weighted by molar-refractivity contribution is -0.123. The van der Waals surface area contributed by atoms with Crippen molar-refractivity contribution in [2.45, 2.75) is 37.3 Å². The van der Waals surface area contributed by atoms with E-state index >= 15 is 4.39 Å². The summed E-state index contributed by atoms with van der Waals surface area (Å²) in [5.41, 5.74) is 2.33. The Bertz CT molecular complexity index is 1880. The van der Waals surface area contributed by atoms with Gasteiger partial charge in [-0.15, -0.1) is 0 Å². The van der Waals surface area contributed by atoms with E-state index in [0.717, 1.165) is 12.3 Å². The third-order valence-electron chi connectivity index (χ3n) is 8.39. The number of carbonyl (C=O) groups excluding carboxylic acids is 2. The molecule has 1 fully saturated rings. The van der Waals surface area contributed by atoms with E-state index in [1.807, 2.05) is 0 Å². The Labute approximate surface area is 258 Å². The second kappa shape index (κ2) is 10.9. The van der Waals surface area contributed by atoms with E-state index in [2.05, 4.69) is 15.4 Å². The molecular weight excluding hydrogens is 622 g/mol. The average Bonchev–Trinajstić information content (AvgIpc) is 3.69. The first-order chi connectivity index (χ1) is 21.3. The maximum Gasteiger partial charge on any atom is 0.333 e. The van der Waals surface area contributed by atoms with Gasteiger partial charge in [0.05, 0.1) is 24.4 Å². The maximum absolute atomic E-state index is 15.2. The van der Waals surface area contributed by atoms with Crippen LogP contribution in [0, 0.1) is 17.6 Å². The Hall–Kier alpha value is -4.43. The molecule has 15 heteroatoms. The predicted molar refractivity (Wildman–Crippen MR) is 153 cm³/mol. The number of fused-ring (bicyclic) bond motifs is 2. The number of halogens is 5. The van der Waals surface area contributed by atoms with Crippen molar-refractivity contribution in [2.75, 3.05) is 20.3 Å². The smallest absolute Gasteiger partial charge is 0.333 e. The van der Waals surface area contributed by atoms with Crippen molar-refractivity contribution in [2.24, 2.45) is 11.7 Å². The van der Waals surface area contributed by atoms with E-state index in [1.165, 1.54) is 38.3 Å². The van der Waals surface area contributed by atoms with Crippen molar-refractivity contribution < 1.29 is 41.7 Å². The molecule has 1 saturated carbocycles. The molecule has 0 radical (unpaired) electrons. The highest BCUT2D eigenvalue weighted by atomic mass is 35.5. The van der Waals surface area contributed by atoms with E-state index < -0.39 is 52.0 Å². The van der Waals surface area contributed by atoms with E-state index in [-0.39, 0.29) is 63.6 Å². The molecule has 2 aromatic carbocycles. The molecule has 6 rings (SSSR count). The molecule has 1 aliphatic heterocycles. The Morgan fingerprint density at radius 3 is 2.64 bits per heavy atom. The molecule has 1 unspecified atom stereocenters. The Morgan fingerprint density at radius 2 is 2.00 bits per heavy atom. The largest absolute Gasteiger partial charge is 0.494 e. The van der Waals surface area contributed by atoms with E-state index in [0.29, 0.717) is 17.5 Å². The third-order valence-corrected chi connectivity index (χ3v) is 8.69. The highest BCUT2D eigenvalue weighted by Gasteiger charge is 2.50. The average molecular weight is 648 g/mol. The summed E-state index contributed by atoms with van der Waals surface area (Å²) in [6.45, 7) is -1.98. The van der Waals surface area contributed by atoms with Gasteiger partial charge in [-0.05, 0) is 56.0 Å². The van der Waals surface area contributed by atoms with Crippen molar-refractivity contribution in [1.29, 1.82) is 0 Å². The van der Waals surface area contributed by atoms with Crippen LogP contribution in [-0.2, 0) is 15.8 Å². The number of nitrogens with zero attached hydrogens (tertiary/aromatic N) is 3. The number of hydrogen-bond acceptors (Lipinski definition) is 7. The SMILES string of the molecule is COc1cc(C(=O)NCC(O)(c2cc3c(c(-c4ccc(Cl)c(F)c4F)n2)OC[C@]3(C)C(N)=O)C2CC2)cc2cn(C(F)F)nc12. The zero-order chi connectivity index (χ0) is 32.4. The molecule has 0 spiro atoms. The molecular formula is C30H26ClF4N5O5. The van der Waals surface area contributed by atoms with Crippen molar-refractivity contribution in [1.82, 2.24) is 20.1 Å². The van der Waals surface area contributed by atoms with Gasteiger partial charge in [0.25, 0.3) is 5.91 Å². The van der Waals surface area contributed by atoms with Gasteiger partial charge >= 0.3 is 6.55 Å². The summed E-state index contributed by atoms with van der Waals surface area (Å²) in [5.74, 6) is -4.37. The van der Waals surface area contributed by atoms with Gasteiger partial charge in [-0.25, -0.2) is 18.4 Å². The number of aliphatic hydroxyl groups is 1. The summed E-state index contributed by atoms with van der Waals surface area (Å²) in [4.78, 5) is 30.4. The molecule has 45 heavy (non-hydrogen) atoms. The van der Waals surface area contributed by atoms with Crippen LogP contribution < -0.4 is 20.5 Å². The van der Waals surface area contributed by atoms with Crippen molar-refractivity contribution in [3.05, 3.63) is 70.0 Å². The van der Waals surface area contributed by atoms with Crippen LogP contribution in [0.2, 0.25) is 5.02 Å². The van der Waals surface area contributed by atoms with Gasteiger partial charge in [-0.3, -0.25) is 9.59 Å². The fraction of sp³-hybridized carbons (Fsp3) is 0.333. The number of pyridine rings is 1. The molecule has 0 bridgehead atoms. The summed E-state index contributed by atoms with van der Waals surface area (Å²) < 4.78 is 67.7. The lowest BCUT2D eigenvalue weighted by Gasteiger charge is -2.30. The fourth-order valence-corrected chi connectivity index (χ4v) is 5.68. The Balaban J connectivity index is 1.41. The first-order valence-corrected chi connectivity index (χ1v) is 14.1. The van der Waals surface area contributed by atoms with Crippen LogP contribution in [0.15, 0.2) is 36.5 Å². The van der Waals surface area contributed by atoms with Crippen molar-refractivity contribution in [3.8, 4) is 22.8 Å². The van der Waals surface area contributed by atoms with Gasteiger partial charge in [0, 0.05) is 28.3 Å². The fourth-order valence-electron chi connectivity index (χ4n) is 5.53. The lowest BCUT2D eigenvalue weighted by atomic mass is 9.81. The number of ether oxygens (including phenoxy) is 2. The molecule has 2 aromatic heterocycles. The highest BCUT2D eigenvalue weighted by molar-refractivity contribution is 6.30. The number of rotatable bonds is 9. The molecule has 2 amide bonds. The molecule has 4 aromatic rings. The lowest BCUT2D eigenvalue weighted by Crippen LogP contribution is -2.44. The quantitative estimate of drug-likeness (QED) is 0.178. The minimum atomic E-state index is -2.91. The molecule has 236 valence electrons. The maximum atomic E-state index is 15.2. The molecule has 4 N–H and O–H groups in total. The number of methoxy groups -OCH3 is 1. The summed E-state index contributed by atoms with van der Waals surface area (Å²) in [6, 6.07) is 6.46. The molecule has 0 saturated heterocycles. The van der Waals surface area contributed by atoms with Crippen LogP contribution in [0.3, 0.4) is 0 Å². The van der Waals surface area contributed by atoms with Gasteiger partial charge in [0.15, 0.2) is 11.6 Å². The molecule has 3 heterocycles. The molecule has 2 atom stereocenters. The van der Waals surface area contributed by atoms with Gasteiger partial charge < -0.3 is 25.6 Å². The zero-order valence-corrected chi connectivity index (χ0v) is 24.6. The summed E-state index contributed by atoms with van der Waals surface area (Å²) in [5, 5.41) is 18.3. The second-order valence-corrected chi connectivity index (χ2v) is 11.7. The number of hydrogen-bond donors (Lipinski definition) is 3. The minimum absolute atomic E-state index is 0.00686. The number of nitrogens with one attached hydrogen (secondary N) is 1.